The fraction of sp³-hybridized carbons (Fsp3) is 0.208. The molecule has 3 N–H and O–H groups in total. The van der Waals surface area contributed by atoms with Crippen molar-refractivity contribution >= 4 is 23.4 Å². The first-order valence-corrected chi connectivity index (χ1v) is 10.6. The summed E-state index contributed by atoms with van der Waals surface area (Å²) in [6, 6.07) is 19.4. The largest absolute Gasteiger partial charge is 0.449 e. The van der Waals surface area contributed by atoms with Crippen molar-refractivity contribution in [2.24, 2.45) is 0 Å². The van der Waals surface area contributed by atoms with Crippen molar-refractivity contribution in [2.45, 2.75) is 18.1 Å². The Bertz CT molecular complexity index is 1160. The summed E-state index contributed by atoms with van der Waals surface area (Å²) in [5.74, 6) is -0.0995. The van der Waals surface area contributed by atoms with E-state index in [9.17, 15) is 25.1 Å². The average Bonchev–Trinajstić information content (AvgIpc) is 3.14. The normalized spacial score (nSPS) is 14.2. The zero-order valence-electron chi connectivity index (χ0n) is 17.3. The first kappa shape index (κ1) is 22.7. The maximum Gasteiger partial charge on any atom is 0.407 e. The van der Waals surface area contributed by atoms with Crippen LogP contribution in [0.1, 0.15) is 28.7 Å². The van der Waals surface area contributed by atoms with Gasteiger partial charge >= 0.3 is 6.09 Å². The van der Waals surface area contributed by atoms with Crippen molar-refractivity contribution < 1.29 is 24.7 Å². The summed E-state index contributed by atoms with van der Waals surface area (Å²) in [5, 5.41) is 33.8. The fourth-order valence-corrected chi connectivity index (χ4v) is 4.31. The van der Waals surface area contributed by atoms with Gasteiger partial charge in [-0.15, -0.1) is 0 Å². The second-order valence-corrected chi connectivity index (χ2v) is 8.09. The highest BCUT2D eigenvalue weighted by molar-refractivity contribution is 6.31. The molecule has 0 bridgehead atoms. The van der Waals surface area contributed by atoms with Crippen molar-refractivity contribution in [2.75, 3.05) is 13.2 Å². The van der Waals surface area contributed by atoms with Gasteiger partial charge in [0.15, 0.2) is 0 Å². The maximum absolute atomic E-state index is 12.2. The predicted molar refractivity (Wildman–Crippen MR) is 122 cm³/mol. The Hall–Kier alpha value is -3.46. The summed E-state index contributed by atoms with van der Waals surface area (Å²) in [6.45, 7) is -0.183. The molecule has 3 aromatic rings. The van der Waals surface area contributed by atoms with Crippen molar-refractivity contribution in [3.63, 3.8) is 0 Å². The molecule has 170 valence electrons. The van der Waals surface area contributed by atoms with E-state index in [4.69, 9.17) is 16.3 Å². The zero-order chi connectivity index (χ0) is 23.5. The molecule has 2 atom stereocenters. The number of benzene rings is 3. The monoisotopic (exact) mass is 468 g/mol. The lowest BCUT2D eigenvalue weighted by Crippen LogP contribution is -2.36. The molecule has 1 aliphatic carbocycles. The Morgan fingerprint density at radius 3 is 2.24 bits per heavy atom. The van der Waals surface area contributed by atoms with Gasteiger partial charge < -0.3 is 20.3 Å². The molecule has 1 amide bonds. The molecular formula is C24H21ClN2O6. The standard InChI is InChI=1S/C24H21ClN2O6/c25-21-11-14(27(31)32)9-10-19(21)23(29)22(28)12-26-24(30)33-13-20-17-7-3-1-5-15(17)16-6-2-4-8-18(16)20/h1-11,20,22-23,28-29H,12-13H2,(H,26,30). The Morgan fingerprint density at radius 1 is 1.06 bits per heavy atom. The minimum Gasteiger partial charge on any atom is -0.449 e. The summed E-state index contributed by atoms with van der Waals surface area (Å²) in [5.41, 5.74) is 4.26. The molecule has 4 rings (SSSR count). The van der Waals surface area contributed by atoms with Gasteiger partial charge in [-0.25, -0.2) is 4.79 Å². The highest BCUT2D eigenvalue weighted by atomic mass is 35.5. The van der Waals surface area contributed by atoms with Gasteiger partial charge in [-0.05, 0) is 28.3 Å². The Labute approximate surface area is 194 Å². The molecule has 0 aliphatic heterocycles. The van der Waals surface area contributed by atoms with E-state index in [1.165, 1.54) is 12.1 Å². The molecule has 0 heterocycles. The Balaban J connectivity index is 1.34. The van der Waals surface area contributed by atoms with E-state index in [0.29, 0.717) is 0 Å². The third kappa shape index (κ3) is 4.68. The zero-order valence-corrected chi connectivity index (χ0v) is 18.1. The van der Waals surface area contributed by atoms with Crippen molar-refractivity contribution in [1.29, 1.82) is 0 Å². The number of non-ortho nitro benzene ring substituents is 1. The van der Waals surface area contributed by atoms with Crippen LogP contribution in [-0.2, 0) is 4.74 Å². The lowest BCUT2D eigenvalue weighted by atomic mass is 9.98. The highest BCUT2D eigenvalue weighted by Crippen LogP contribution is 2.44. The number of rotatable bonds is 7. The quantitative estimate of drug-likeness (QED) is 0.353. The maximum atomic E-state index is 12.2. The number of nitro groups is 1. The molecular weight excluding hydrogens is 448 g/mol. The topological polar surface area (TPSA) is 122 Å². The third-order valence-electron chi connectivity index (χ3n) is 5.68. The van der Waals surface area contributed by atoms with Crippen LogP contribution in [0.15, 0.2) is 66.7 Å². The fourth-order valence-electron chi connectivity index (χ4n) is 4.03. The van der Waals surface area contributed by atoms with Gasteiger partial charge in [0.1, 0.15) is 18.8 Å². The van der Waals surface area contributed by atoms with E-state index in [0.717, 1.165) is 28.3 Å². The van der Waals surface area contributed by atoms with Crippen LogP contribution < -0.4 is 5.32 Å². The van der Waals surface area contributed by atoms with Crippen LogP contribution >= 0.6 is 11.6 Å². The van der Waals surface area contributed by atoms with Gasteiger partial charge in [0.05, 0.1) is 9.95 Å². The molecule has 3 aromatic carbocycles. The van der Waals surface area contributed by atoms with Gasteiger partial charge in [0, 0.05) is 30.2 Å². The summed E-state index contributed by atoms with van der Waals surface area (Å²) in [4.78, 5) is 22.4. The number of amides is 1. The molecule has 0 aromatic heterocycles. The van der Waals surface area contributed by atoms with Gasteiger partial charge in [-0.1, -0.05) is 60.1 Å². The van der Waals surface area contributed by atoms with Crippen LogP contribution in [0.2, 0.25) is 5.02 Å². The van der Waals surface area contributed by atoms with Crippen LogP contribution in [0.5, 0.6) is 0 Å². The number of carbonyl (C=O) groups excluding carboxylic acids is 1. The molecule has 9 heteroatoms. The number of fused-ring (bicyclic) bond motifs is 3. The number of nitrogens with zero attached hydrogens (tertiary/aromatic N) is 1. The van der Waals surface area contributed by atoms with Crippen molar-refractivity contribution in [3.8, 4) is 11.1 Å². The number of hydrogen-bond acceptors (Lipinski definition) is 6. The molecule has 0 saturated heterocycles. The van der Waals surface area contributed by atoms with Crippen LogP contribution in [0, 0.1) is 10.1 Å². The van der Waals surface area contributed by atoms with E-state index in [1.807, 2.05) is 48.5 Å². The van der Waals surface area contributed by atoms with Crippen molar-refractivity contribution in [3.05, 3.63) is 98.6 Å². The number of nitro benzene ring substituents is 1. The van der Waals surface area contributed by atoms with Gasteiger partial charge in [-0.2, -0.15) is 0 Å². The minimum absolute atomic E-state index is 0.0584. The molecule has 8 nitrogen and oxygen atoms in total. The first-order chi connectivity index (χ1) is 15.9. The highest BCUT2D eigenvalue weighted by Gasteiger charge is 2.29. The van der Waals surface area contributed by atoms with E-state index in [2.05, 4.69) is 5.32 Å². The molecule has 0 fully saturated rings. The summed E-state index contributed by atoms with van der Waals surface area (Å²) in [7, 11) is 0. The number of carbonyl (C=O) groups is 1. The molecule has 1 aliphatic rings. The van der Waals surface area contributed by atoms with E-state index in [1.54, 1.807) is 0 Å². The number of halogens is 1. The molecule has 0 saturated carbocycles. The lowest BCUT2D eigenvalue weighted by molar-refractivity contribution is -0.384. The number of ether oxygens (including phenoxy) is 1. The smallest absolute Gasteiger partial charge is 0.407 e. The SMILES string of the molecule is O=C(NCC(O)C(O)c1ccc([N+](=O)[O-])cc1Cl)OCC1c2ccccc2-c2ccccc21. The predicted octanol–water partition coefficient (Wildman–Crippen LogP) is 4.18. The number of hydrogen-bond donors (Lipinski definition) is 3. The van der Waals surface area contributed by atoms with E-state index < -0.39 is 23.2 Å². The van der Waals surface area contributed by atoms with Crippen molar-refractivity contribution in [1.82, 2.24) is 5.32 Å². The Kier molecular flexibility index (Phi) is 6.60. The number of aliphatic hydroxyl groups is 2. The van der Waals surface area contributed by atoms with Gasteiger partial charge in [0.2, 0.25) is 0 Å². The van der Waals surface area contributed by atoms with E-state index in [-0.39, 0.29) is 35.3 Å². The summed E-state index contributed by atoms with van der Waals surface area (Å²) >= 11 is 5.99. The first-order valence-electron chi connectivity index (χ1n) is 10.3. The summed E-state index contributed by atoms with van der Waals surface area (Å²) in [6.07, 6.45) is -3.59. The van der Waals surface area contributed by atoms with Crippen LogP contribution in [0.4, 0.5) is 10.5 Å². The number of nitrogens with one attached hydrogen (secondary N) is 1. The summed E-state index contributed by atoms with van der Waals surface area (Å²) < 4.78 is 5.40. The Morgan fingerprint density at radius 2 is 1.67 bits per heavy atom. The minimum atomic E-state index is -1.45. The van der Waals surface area contributed by atoms with Crippen LogP contribution in [0.3, 0.4) is 0 Å². The molecule has 33 heavy (non-hydrogen) atoms. The molecule has 0 spiro atoms. The van der Waals surface area contributed by atoms with E-state index >= 15 is 0 Å². The molecule has 0 radical (unpaired) electrons. The molecule has 2 unspecified atom stereocenters. The number of alkyl carbamates (subject to hydrolysis) is 1. The van der Waals surface area contributed by atoms with Gasteiger partial charge in [0.25, 0.3) is 5.69 Å². The second kappa shape index (κ2) is 9.58. The van der Waals surface area contributed by atoms with Gasteiger partial charge in [-0.3, -0.25) is 10.1 Å². The third-order valence-corrected chi connectivity index (χ3v) is 6.00. The van der Waals surface area contributed by atoms with Crippen LogP contribution in [0.25, 0.3) is 11.1 Å². The second-order valence-electron chi connectivity index (χ2n) is 7.68. The number of aliphatic hydroxyl groups excluding tert-OH is 2. The van der Waals surface area contributed by atoms with Crippen LogP contribution in [-0.4, -0.2) is 40.5 Å². The lowest BCUT2D eigenvalue weighted by Gasteiger charge is -2.20. The average molecular weight is 469 g/mol.